The molecule has 8 nitrogen and oxygen atoms in total. The number of hydrogen-bond acceptors (Lipinski definition) is 5. The van der Waals surface area contributed by atoms with E-state index in [1.165, 1.54) is 16.9 Å². The van der Waals surface area contributed by atoms with Gasteiger partial charge in [0.2, 0.25) is 0 Å². The molecule has 0 aliphatic carbocycles. The summed E-state index contributed by atoms with van der Waals surface area (Å²) in [5, 5.41) is 16.8. The third-order valence-corrected chi connectivity index (χ3v) is 3.02. The summed E-state index contributed by atoms with van der Waals surface area (Å²) in [5.74, 6) is -0.826. The van der Waals surface area contributed by atoms with Crippen LogP contribution in [0.2, 0.25) is 5.02 Å². The highest BCUT2D eigenvalue weighted by molar-refractivity contribution is 6.31. The van der Waals surface area contributed by atoms with Crippen LogP contribution in [0.25, 0.3) is 10.9 Å². The Morgan fingerprint density at radius 2 is 2.24 bits per heavy atom. The number of aromatic amines is 1. The van der Waals surface area contributed by atoms with E-state index in [2.05, 4.69) is 20.3 Å². The van der Waals surface area contributed by atoms with E-state index in [-0.39, 0.29) is 17.8 Å². The summed E-state index contributed by atoms with van der Waals surface area (Å²) in [6.07, 6.45) is 1.26. The Kier molecular flexibility index (Phi) is 3.15. The molecule has 106 valence electrons. The number of carbonyl (C=O) groups is 1. The fourth-order valence-electron chi connectivity index (χ4n) is 1.86. The lowest BCUT2D eigenvalue weighted by molar-refractivity contribution is 0.0690. The molecule has 3 rings (SSSR count). The maximum Gasteiger partial charge on any atom is 0.358 e. The number of halogens is 1. The number of aromatic carboxylic acids is 1. The van der Waals surface area contributed by atoms with E-state index in [0.29, 0.717) is 21.7 Å². The standard InChI is InChI=1S/C12H8ClN5O3/c13-6-1-2-8-7(3-6)11(19)15-10(14-8)5-18-4-9(12(20)21)16-17-18/h1-4H,5H2,(H,20,21)(H,14,15,19). The van der Waals surface area contributed by atoms with Crippen LogP contribution in [0.15, 0.2) is 29.2 Å². The second-order valence-corrected chi connectivity index (χ2v) is 4.72. The molecule has 0 unspecified atom stereocenters. The van der Waals surface area contributed by atoms with Crippen molar-refractivity contribution in [1.29, 1.82) is 0 Å². The lowest BCUT2D eigenvalue weighted by atomic mass is 10.2. The minimum atomic E-state index is -1.17. The molecule has 0 saturated heterocycles. The average Bonchev–Trinajstić information content (AvgIpc) is 2.88. The summed E-state index contributed by atoms with van der Waals surface area (Å²) in [5.41, 5.74) is -0.00212. The second-order valence-electron chi connectivity index (χ2n) is 4.28. The Hall–Kier alpha value is -2.74. The van der Waals surface area contributed by atoms with Gasteiger partial charge in [-0.2, -0.15) is 0 Å². The Balaban J connectivity index is 1.99. The van der Waals surface area contributed by atoms with Crippen LogP contribution in [-0.2, 0) is 6.54 Å². The van der Waals surface area contributed by atoms with Gasteiger partial charge in [-0.1, -0.05) is 16.8 Å². The number of fused-ring (bicyclic) bond motifs is 1. The highest BCUT2D eigenvalue weighted by Gasteiger charge is 2.10. The van der Waals surface area contributed by atoms with Gasteiger partial charge in [0.05, 0.1) is 17.1 Å². The predicted octanol–water partition coefficient (Wildman–Crippen LogP) is 0.914. The van der Waals surface area contributed by atoms with Crippen molar-refractivity contribution < 1.29 is 9.90 Å². The Bertz CT molecular complexity index is 901. The molecule has 0 amide bonds. The summed E-state index contributed by atoms with van der Waals surface area (Å²) >= 11 is 5.83. The lowest BCUT2D eigenvalue weighted by Gasteiger charge is -2.03. The fourth-order valence-corrected chi connectivity index (χ4v) is 2.03. The molecule has 3 aromatic rings. The molecule has 0 fully saturated rings. The first-order chi connectivity index (χ1) is 10.0. The van der Waals surface area contributed by atoms with E-state index in [1.807, 2.05) is 0 Å². The molecular formula is C12H8ClN5O3. The van der Waals surface area contributed by atoms with E-state index in [1.54, 1.807) is 12.1 Å². The quantitative estimate of drug-likeness (QED) is 0.743. The number of aromatic nitrogens is 5. The zero-order valence-corrected chi connectivity index (χ0v) is 11.2. The van der Waals surface area contributed by atoms with Gasteiger partial charge in [0.1, 0.15) is 12.4 Å². The zero-order valence-electron chi connectivity index (χ0n) is 10.4. The van der Waals surface area contributed by atoms with Crippen LogP contribution >= 0.6 is 11.6 Å². The summed E-state index contributed by atoms with van der Waals surface area (Å²) in [6, 6.07) is 4.81. The molecule has 0 radical (unpaired) electrons. The third-order valence-electron chi connectivity index (χ3n) is 2.79. The lowest BCUT2D eigenvalue weighted by Crippen LogP contribution is -2.14. The van der Waals surface area contributed by atoms with Crippen molar-refractivity contribution >= 4 is 28.5 Å². The van der Waals surface area contributed by atoms with Gasteiger partial charge in [-0.3, -0.25) is 4.79 Å². The van der Waals surface area contributed by atoms with Crippen LogP contribution in [0.1, 0.15) is 16.3 Å². The fraction of sp³-hybridized carbons (Fsp3) is 0.0833. The summed E-state index contributed by atoms with van der Waals surface area (Å²) in [7, 11) is 0. The van der Waals surface area contributed by atoms with Crippen LogP contribution < -0.4 is 5.56 Å². The number of nitrogens with zero attached hydrogens (tertiary/aromatic N) is 4. The van der Waals surface area contributed by atoms with Crippen molar-refractivity contribution in [3.05, 3.63) is 51.3 Å². The minimum Gasteiger partial charge on any atom is -0.476 e. The normalized spacial score (nSPS) is 10.9. The average molecular weight is 306 g/mol. The van der Waals surface area contributed by atoms with Gasteiger partial charge in [-0.15, -0.1) is 5.10 Å². The van der Waals surface area contributed by atoms with Crippen molar-refractivity contribution in [1.82, 2.24) is 25.0 Å². The third kappa shape index (κ3) is 2.61. The Morgan fingerprint density at radius 3 is 2.95 bits per heavy atom. The van der Waals surface area contributed by atoms with Crippen molar-refractivity contribution in [3.63, 3.8) is 0 Å². The topological polar surface area (TPSA) is 114 Å². The molecule has 0 aliphatic heterocycles. The molecule has 2 heterocycles. The summed E-state index contributed by atoms with van der Waals surface area (Å²) in [4.78, 5) is 29.6. The van der Waals surface area contributed by atoms with Gasteiger partial charge in [-0.25, -0.2) is 14.5 Å². The van der Waals surface area contributed by atoms with E-state index in [9.17, 15) is 9.59 Å². The Labute approximate surface area is 122 Å². The largest absolute Gasteiger partial charge is 0.476 e. The van der Waals surface area contributed by atoms with Crippen molar-refractivity contribution in [2.45, 2.75) is 6.54 Å². The number of hydrogen-bond donors (Lipinski definition) is 2. The molecule has 0 saturated carbocycles. The van der Waals surface area contributed by atoms with Crippen LogP contribution in [0.3, 0.4) is 0 Å². The van der Waals surface area contributed by atoms with Crippen LogP contribution in [0.4, 0.5) is 0 Å². The van der Waals surface area contributed by atoms with E-state index in [4.69, 9.17) is 16.7 Å². The van der Waals surface area contributed by atoms with Crippen molar-refractivity contribution in [2.75, 3.05) is 0 Å². The molecule has 0 atom stereocenters. The predicted molar refractivity (Wildman–Crippen MR) is 73.5 cm³/mol. The highest BCUT2D eigenvalue weighted by Crippen LogP contribution is 2.14. The summed E-state index contributed by atoms with van der Waals surface area (Å²) in [6.45, 7) is 0.105. The maximum absolute atomic E-state index is 12.0. The van der Waals surface area contributed by atoms with Crippen molar-refractivity contribution in [2.24, 2.45) is 0 Å². The number of carboxylic acids is 1. The molecular weight excluding hydrogens is 298 g/mol. The SMILES string of the molecule is O=C(O)c1cn(Cc2nc3ccc(Cl)cc3c(=O)[nH]2)nn1. The van der Waals surface area contributed by atoms with E-state index >= 15 is 0 Å². The van der Waals surface area contributed by atoms with Crippen LogP contribution in [0, 0.1) is 0 Å². The van der Waals surface area contributed by atoms with Gasteiger partial charge < -0.3 is 10.1 Å². The number of H-pyrrole nitrogens is 1. The molecule has 9 heteroatoms. The summed E-state index contributed by atoms with van der Waals surface area (Å²) < 4.78 is 1.28. The molecule has 2 aromatic heterocycles. The number of benzene rings is 1. The molecule has 0 aliphatic rings. The number of nitrogens with one attached hydrogen (secondary N) is 1. The first-order valence-corrected chi connectivity index (χ1v) is 6.22. The molecule has 0 spiro atoms. The number of carboxylic acid groups (broad SMARTS) is 1. The van der Waals surface area contributed by atoms with Gasteiger partial charge >= 0.3 is 5.97 Å². The first kappa shape index (κ1) is 13.3. The highest BCUT2D eigenvalue weighted by atomic mass is 35.5. The van der Waals surface area contributed by atoms with Gasteiger partial charge in [0.15, 0.2) is 5.69 Å². The monoisotopic (exact) mass is 305 g/mol. The van der Waals surface area contributed by atoms with Gasteiger partial charge in [0.25, 0.3) is 5.56 Å². The molecule has 21 heavy (non-hydrogen) atoms. The second kappa shape index (κ2) is 4.98. The van der Waals surface area contributed by atoms with Crippen molar-refractivity contribution in [3.8, 4) is 0 Å². The maximum atomic E-state index is 12.0. The molecule has 2 N–H and O–H groups in total. The minimum absolute atomic E-state index is 0.105. The first-order valence-electron chi connectivity index (χ1n) is 5.85. The van der Waals surface area contributed by atoms with E-state index < -0.39 is 5.97 Å². The number of rotatable bonds is 3. The van der Waals surface area contributed by atoms with Crippen LogP contribution in [-0.4, -0.2) is 36.0 Å². The van der Waals surface area contributed by atoms with Crippen LogP contribution in [0.5, 0.6) is 0 Å². The van der Waals surface area contributed by atoms with Gasteiger partial charge in [-0.05, 0) is 18.2 Å². The zero-order chi connectivity index (χ0) is 15.0. The van der Waals surface area contributed by atoms with Gasteiger partial charge in [0, 0.05) is 5.02 Å². The smallest absolute Gasteiger partial charge is 0.358 e. The van der Waals surface area contributed by atoms with E-state index in [0.717, 1.165) is 0 Å². The molecule has 1 aromatic carbocycles. The Morgan fingerprint density at radius 1 is 1.43 bits per heavy atom. The molecule has 0 bridgehead atoms.